The molecule has 4 nitrogen and oxygen atoms in total. The predicted molar refractivity (Wildman–Crippen MR) is 75.4 cm³/mol. The molecule has 2 aromatic rings. The number of nitrogens with zero attached hydrogens (tertiary/aromatic N) is 2. The van der Waals surface area contributed by atoms with E-state index < -0.39 is 0 Å². The maximum Gasteiger partial charge on any atom is 0.159 e. The van der Waals surface area contributed by atoms with E-state index in [1.165, 1.54) is 0 Å². The zero-order valence-corrected chi connectivity index (χ0v) is 11.9. The van der Waals surface area contributed by atoms with Gasteiger partial charge in [0.1, 0.15) is 12.3 Å². The van der Waals surface area contributed by atoms with E-state index in [1.807, 2.05) is 39.0 Å². The molecule has 1 aromatic carbocycles. The van der Waals surface area contributed by atoms with E-state index in [2.05, 4.69) is 5.10 Å². The highest BCUT2D eigenvalue weighted by Crippen LogP contribution is 2.24. The van der Waals surface area contributed by atoms with Crippen LogP contribution in [0.4, 0.5) is 0 Å². The average Bonchev–Trinajstić information content (AvgIpc) is 2.81. The van der Waals surface area contributed by atoms with Gasteiger partial charge < -0.3 is 4.74 Å². The van der Waals surface area contributed by atoms with Crippen LogP contribution in [0.3, 0.4) is 0 Å². The minimum atomic E-state index is -0.308. The van der Waals surface area contributed by atoms with E-state index in [4.69, 9.17) is 4.74 Å². The molecule has 0 saturated heterocycles. The number of rotatable bonds is 5. The number of ether oxygens (including phenoxy) is 1. The third-order valence-electron chi connectivity index (χ3n) is 3.78. The Kier molecular flexibility index (Phi) is 3.60. The minimum Gasteiger partial charge on any atom is -0.497 e. The highest BCUT2D eigenvalue weighted by atomic mass is 16.5. The second kappa shape index (κ2) is 5.03. The molecule has 0 N–H and O–H groups in total. The number of hydrogen-bond acceptors (Lipinski definition) is 3. The van der Waals surface area contributed by atoms with E-state index in [1.54, 1.807) is 18.0 Å². The number of carbonyl (C=O) groups excluding carboxylic acids is 1. The van der Waals surface area contributed by atoms with Gasteiger partial charge in [0, 0.05) is 16.9 Å². The fourth-order valence-electron chi connectivity index (χ4n) is 1.85. The van der Waals surface area contributed by atoms with Crippen molar-refractivity contribution in [3.63, 3.8) is 0 Å². The monoisotopic (exact) mass is 260 g/mol. The molecule has 0 saturated carbocycles. The van der Waals surface area contributed by atoms with Crippen LogP contribution in [0.25, 0.3) is 10.9 Å². The van der Waals surface area contributed by atoms with Crippen LogP contribution in [0.15, 0.2) is 24.4 Å². The quantitative estimate of drug-likeness (QED) is 0.830. The Morgan fingerprint density at radius 2 is 2.16 bits per heavy atom. The summed E-state index contributed by atoms with van der Waals surface area (Å²) in [5.74, 6) is 0.972. The molecule has 0 unspecified atom stereocenters. The minimum absolute atomic E-state index is 0.197. The lowest BCUT2D eigenvalue weighted by Gasteiger charge is -2.20. The number of methoxy groups -OCH3 is 1. The number of ketones is 1. The van der Waals surface area contributed by atoms with Crippen LogP contribution < -0.4 is 4.74 Å². The summed E-state index contributed by atoms with van der Waals surface area (Å²) in [6.07, 6.45) is 2.61. The molecular formula is C15H20N2O2. The van der Waals surface area contributed by atoms with Gasteiger partial charge in [0.15, 0.2) is 5.78 Å². The summed E-state index contributed by atoms with van der Waals surface area (Å²) in [4.78, 5) is 12.3. The topological polar surface area (TPSA) is 44.1 Å². The standard InChI is InChI=1S/C15H20N2O2/c1-5-15(2,3)14(18)10-17-13-8-12(19-4)7-6-11(13)9-16-17/h6-9H,5,10H2,1-4H3. The lowest BCUT2D eigenvalue weighted by atomic mass is 9.85. The molecular weight excluding hydrogens is 240 g/mol. The van der Waals surface area contributed by atoms with Crippen molar-refractivity contribution in [1.82, 2.24) is 9.78 Å². The van der Waals surface area contributed by atoms with E-state index in [-0.39, 0.29) is 11.2 Å². The molecule has 4 heteroatoms. The number of hydrogen-bond donors (Lipinski definition) is 0. The number of aromatic nitrogens is 2. The van der Waals surface area contributed by atoms with Gasteiger partial charge in [0.2, 0.25) is 0 Å². The van der Waals surface area contributed by atoms with Crippen molar-refractivity contribution in [2.45, 2.75) is 33.7 Å². The molecule has 2 rings (SSSR count). The molecule has 0 atom stereocenters. The van der Waals surface area contributed by atoms with Crippen molar-refractivity contribution in [1.29, 1.82) is 0 Å². The Bertz CT molecular complexity index is 599. The largest absolute Gasteiger partial charge is 0.497 e. The van der Waals surface area contributed by atoms with Crippen molar-refractivity contribution in [3.8, 4) is 5.75 Å². The van der Waals surface area contributed by atoms with Crippen molar-refractivity contribution in [3.05, 3.63) is 24.4 Å². The summed E-state index contributed by atoms with van der Waals surface area (Å²) in [5, 5.41) is 5.32. The highest BCUT2D eigenvalue weighted by Gasteiger charge is 2.25. The maximum atomic E-state index is 12.3. The first-order valence-corrected chi connectivity index (χ1v) is 6.51. The van der Waals surface area contributed by atoms with E-state index >= 15 is 0 Å². The molecule has 1 heterocycles. The van der Waals surface area contributed by atoms with Gasteiger partial charge in [0.05, 0.1) is 18.8 Å². The highest BCUT2D eigenvalue weighted by molar-refractivity contribution is 5.86. The third kappa shape index (κ3) is 2.62. The summed E-state index contributed by atoms with van der Waals surface area (Å²) in [6, 6.07) is 5.76. The zero-order chi connectivity index (χ0) is 14.0. The molecule has 0 radical (unpaired) electrons. The van der Waals surface area contributed by atoms with Crippen LogP contribution in [0.5, 0.6) is 5.75 Å². The predicted octanol–water partition coefficient (Wildman–Crippen LogP) is 3.05. The molecule has 19 heavy (non-hydrogen) atoms. The molecule has 0 aliphatic heterocycles. The molecule has 0 fully saturated rings. The van der Waals surface area contributed by atoms with Crippen LogP contribution in [0.1, 0.15) is 27.2 Å². The molecule has 0 amide bonds. The summed E-state index contributed by atoms with van der Waals surface area (Å²) >= 11 is 0. The average molecular weight is 260 g/mol. The number of carbonyl (C=O) groups is 1. The van der Waals surface area contributed by atoms with E-state index in [0.29, 0.717) is 6.54 Å². The maximum absolute atomic E-state index is 12.3. The fourth-order valence-corrected chi connectivity index (χ4v) is 1.85. The molecule has 0 bridgehead atoms. The van der Waals surface area contributed by atoms with Gasteiger partial charge in [-0.2, -0.15) is 5.10 Å². The van der Waals surface area contributed by atoms with E-state index in [9.17, 15) is 4.79 Å². The molecule has 1 aromatic heterocycles. The van der Waals surface area contributed by atoms with Gasteiger partial charge in [-0.1, -0.05) is 20.8 Å². The van der Waals surface area contributed by atoms with Crippen LogP contribution in [0, 0.1) is 5.41 Å². The third-order valence-corrected chi connectivity index (χ3v) is 3.78. The Balaban J connectivity index is 2.33. The summed E-state index contributed by atoms with van der Waals surface area (Å²) < 4.78 is 6.96. The van der Waals surface area contributed by atoms with Gasteiger partial charge in [-0.05, 0) is 18.6 Å². The Morgan fingerprint density at radius 1 is 1.42 bits per heavy atom. The first kappa shape index (κ1) is 13.6. The van der Waals surface area contributed by atoms with Crippen LogP contribution in [-0.2, 0) is 11.3 Å². The van der Waals surface area contributed by atoms with Crippen LogP contribution >= 0.6 is 0 Å². The summed E-state index contributed by atoms with van der Waals surface area (Å²) in [6.45, 7) is 6.28. The van der Waals surface area contributed by atoms with Crippen LogP contribution in [0.2, 0.25) is 0 Å². The van der Waals surface area contributed by atoms with Gasteiger partial charge in [-0.15, -0.1) is 0 Å². The Hall–Kier alpha value is -1.84. The first-order valence-electron chi connectivity index (χ1n) is 6.51. The van der Waals surface area contributed by atoms with Crippen molar-refractivity contribution >= 4 is 16.7 Å². The van der Waals surface area contributed by atoms with Gasteiger partial charge in [-0.25, -0.2) is 0 Å². The number of Topliss-reactive ketones (excluding diaryl/α,β-unsaturated/α-hetero) is 1. The lowest BCUT2D eigenvalue weighted by molar-refractivity contribution is -0.128. The summed E-state index contributed by atoms with van der Waals surface area (Å²) in [7, 11) is 1.63. The van der Waals surface area contributed by atoms with Crippen molar-refractivity contribution in [2.24, 2.45) is 5.41 Å². The number of fused-ring (bicyclic) bond motifs is 1. The SMILES string of the molecule is CCC(C)(C)C(=O)Cn1ncc2ccc(OC)cc21. The smallest absolute Gasteiger partial charge is 0.159 e. The molecule has 0 aliphatic rings. The van der Waals surface area contributed by atoms with Crippen molar-refractivity contribution in [2.75, 3.05) is 7.11 Å². The van der Waals surface area contributed by atoms with Gasteiger partial charge in [0.25, 0.3) is 0 Å². The zero-order valence-electron chi connectivity index (χ0n) is 11.9. The first-order chi connectivity index (χ1) is 8.97. The molecule has 0 aliphatic carbocycles. The second-order valence-electron chi connectivity index (χ2n) is 5.39. The normalized spacial score (nSPS) is 11.8. The van der Waals surface area contributed by atoms with E-state index in [0.717, 1.165) is 23.1 Å². The summed E-state index contributed by atoms with van der Waals surface area (Å²) in [5.41, 5.74) is 0.622. The Morgan fingerprint density at radius 3 is 2.79 bits per heavy atom. The van der Waals surface area contributed by atoms with Crippen LogP contribution in [-0.4, -0.2) is 22.7 Å². The second-order valence-corrected chi connectivity index (χ2v) is 5.39. The number of benzene rings is 1. The molecule has 0 spiro atoms. The van der Waals surface area contributed by atoms with Gasteiger partial charge >= 0.3 is 0 Å². The molecule has 102 valence electrons. The van der Waals surface area contributed by atoms with Gasteiger partial charge in [-0.3, -0.25) is 9.48 Å². The fraction of sp³-hybridized carbons (Fsp3) is 0.467. The Labute approximate surface area is 113 Å². The lowest BCUT2D eigenvalue weighted by Crippen LogP contribution is -2.27. The van der Waals surface area contributed by atoms with Crippen molar-refractivity contribution < 1.29 is 9.53 Å².